The Labute approximate surface area is 113 Å². The molecule has 0 saturated carbocycles. The van der Waals surface area contributed by atoms with Gasteiger partial charge < -0.3 is 11.1 Å². The van der Waals surface area contributed by atoms with Gasteiger partial charge in [0.1, 0.15) is 9.84 Å². The largest absolute Gasteiger partial charge is 0.369 e. The predicted octanol–water partition coefficient (Wildman–Crippen LogP) is -2.49. The van der Waals surface area contributed by atoms with Gasteiger partial charge in [-0.1, -0.05) is 0 Å². The Morgan fingerprint density at radius 2 is 1.95 bits per heavy atom. The van der Waals surface area contributed by atoms with E-state index in [-0.39, 0.29) is 6.04 Å². The zero-order valence-corrected chi connectivity index (χ0v) is 12.3. The van der Waals surface area contributed by atoms with Gasteiger partial charge in [0.15, 0.2) is 0 Å². The number of rotatable bonds is 7. The van der Waals surface area contributed by atoms with Gasteiger partial charge in [0.2, 0.25) is 15.9 Å². The van der Waals surface area contributed by atoms with Gasteiger partial charge in [0.05, 0.1) is 18.1 Å². The Balaban J connectivity index is 2.85. The van der Waals surface area contributed by atoms with E-state index in [2.05, 4.69) is 5.32 Å². The van der Waals surface area contributed by atoms with E-state index in [1.807, 2.05) is 0 Å². The van der Waals surface area contributed by atoms with E-state index >= 15 is 0 Å². The van der Waals surface area contributed by atoms with Crippen LogP contribution in [0.3, 0.4) is 0 Å². The van der Waals surface area contributed by atoms with Gasteiger partial charge >= 0.3 is 0 Å². The lowest BCUT2D eigenvalue weighted by atomic mass is 10.2. The Hall–Kier alpha value is -0.710. The summed E-state index contributed by atoms with van der Waals surface area (Å²) < 4.78 is 47.4. The molecule has 0 aliphatic carbocycles. The minimum atomic E-state index is -3.82. The normalized spacial score (nSPS) is 20.8. The highest BCUT2D eigenvalue weighted by Crippen LogP contribution is 2.14. The topological polar surface area (TPSA) is 127 Å². The third-order valence-corrected chi connectivity index (χ3v) is 5.89. The van der Waals surface area contributed by atoms with Crippen molar-refractivity contribution < 1.29 is 21.6 Å². The van der Waals surface area contributed by atoms with Crippen molar-refractivity contribution in [3.63, 3.8) is 0 Å². The van der Waals surface area contributed by atoms with Crippen LogP contribution in [0.4, 0.5) is 0 Å². The maximum Gasteiger partial charge on any atom is 0.232 e. The molecule has 1 atom stereocenters. The Morgan fingerprint density at radius 3 is 2.37 bits per heavy atom. The summed E-state index contributed by atoms with van der Waals surface area (Å²) in [5, 5.41) is 2.99. The fourth-order valence-corrected chi connectivity index (χ4v) is 5.11. The number of nitrogens with one attached hydrogen (secondary N) is 1. The summed E-state index contributed by atoms with van der Waals surface area (Å²) >= 11 is 0. The van der Waals surface area contributed by atoms with E-state index in [9.17, 15) is 21.6 Å². The van der Waals surface area contributed by atoms with Crippen molar-refractivity contribution in [1.82, 2.24) is 9.62 Å². The van der Waals surface area contributed by atoms with Crippen LogP contribution in [-0.4, -0.2) is 70.5 Å². The van der Waals surface area contributed by atoms with Crippen molar-refractivity contribution in [3.8, 4) is 0 Å². The number of carbonyl (C=O) groups is 1. The molecule has 0 radical (unpaired) electrons. The molecule has 112 valence electrons. The van der Waals surface area contributed by atoms with Gasteiger partial charge in [0, 0.05) is 18.8 Å². The lowest BCUT2D eigenvalue weighted by molar-refractivity contribution is -0.118. The van der Waals surface area contributed by atoms with Crippen LogP contribution < -0.4 is 11.1 Å². The third-order valence-electron chi connectivity index (χ3n) is 2.82. The number of amides is 1. The first-order chi connectivity index (χ1) is 8.62. The average Bonchev–Trinajstić information content (AvgIpc) is 2.75. The molecule has 1 aliphatic heterocycles. The van der Waals surface area contributed by atoms with Crippen molar-refractivity contribution in [2.75, 3.05) is 37.4 Å². The van der Waals surface area contributed by atoms with Gasteiger partial charge in [-0.05, 0) is 13.0 Å². The van der Waals surface area contributed by atoms with Gasteiger partial charge in [-0.15, -0.1) is 0 Å². The Bertz CT molecular complexity index is 522. The number of carbonyl (C=O) groups excluding carboxylic acids is 1. The minimum Gasteiger partial charge on any atom is -0.369 e. The molecule has 1 fully saturated rings. The third kappa shape index (κ3) is 5.43. The number of sulfonamides is 1. The first-order valence-corrected chi connectivity index (χ1v) is 9.45. The molecule has 10 heteroatoms. The van der Waals surface area contributed by atoms with Crippen LogP contribution in [0.2, 0.25) is 0 Å². The zero-order valence-electron chi connectivity index (χ0n) is 10.7. The summed E-state index contributed by atoms with van der Waals surface area (Å²) in [6.07, 6.45) is 1.55. The van der Waals surface area contributed by atoms with Gasteiger partial charge in [-0.2, -0.15) is 4.31 Å². The van der Waals surface area contributed by atoms with Crippen molar-refractivity contribution in [1.29, 1.82) is 0 Å². The summed E-state index contributed by atoms with van der Waals surface area (Å²) in [7, 11) is -7.20. The quantitative estimate of drug-likeness (QED) is 0.535. The lowest BCUT2D eigenvalue weighted by Crippen LogP contribution is -2.47. The van der Waals surface area contributed by atoms with Crippen LogP contribution in [0, 0.1) is 0 Å². The van der Waals surface area contributed by atoms with E-state index < -0.39 is 43.8 Å². The second kappa shape index (κ2) is 6.16. The minimum absolute atomic E-state index is 0.350. The smallest absolute Gasteiger partial charge is 0.232 e. The molecule has 19 heavy (non-hydrogen) atoms. The molecule has 1 unspecified atom stereocenters. The van der Waals surface area contributed by atoms with Crippen LogP contribution in [0.15, 0.2) is 0 Å². The SMILES string of the molecule is CS(=O)(=O)CCS(=O)(=O)N(CC(N)=O)C1CCNC1. The Morgan fingerprint density at radius 1 is 1.32 bits per heavy atom. The molecule has 0 aromatic heterocycles. The summed E-state index contributed by atoms with van der Waals surface area (Å²) in [5.41, 5.74) is 5.06. The van der Waals surface area contributed by atoms with E-state index in [0.29, 0.717) is 19.5 Å². The first-order valence-electron chi connectivity index (χ1n) is 5.78. The highest BCUT2D eigenvalue weighted by molar-refractivity contribution is 7.93. The van der Waals surface area contributed by atoms with Crippen molar-refractivity contribution >= 4 is 25.8 Å². The van der Waals surface area contributed by atoms with Crippen molar-refractivity contribution in [3.05, 3.63) is 0 Å². The molecule has 1 aliphatic rings. The molecular weight excluding hydrogens is 294 g/mol. The van der Waals surface area contributed by atoms with Crippen molar-refractivity contribution in [2.24, 2.45) is 5.73 Å². The number of hydrogen-bond donors (Lipinski definition) is 2. The average molecular weight is 313 g/mol. The Kier molecular flexibility index (Phi) is 5.30. The number of nitrogens with two attached hydrogens (primary N) is 1. The molecule has 0 bridgehead atoms. The van der Waals surface area contributed by atoms with Crippen LogP contribution >= 0.6 is 0 Å². The van der Waals surface area contributed by atoms with Gasteiger partial charge in [-0.3, -0.25) is 4.79 Å². The van der Waals surface area contributed by atoms with E-state index in [1.165, 1.54) is 0 Å². The zero-order chi connectivity index (χ0) is 14.7. The number of sulfone groups is 1. The molecule has 1 heterocycles. The molecule has 0 spiro atoms. The summed E-state index contributed by atoms with van der Waals surface area (Å²) in [4.78, 5) is 11.0. The second-order valence-corrected chi connectivity index (χ2v) is 8.90. The molecule has 3 N–H and O–H groups in total. The maximum absolute atomic E-state index is 12.1. The van der Waals surface area contributed by atoms with Crippen LogP contribution in [0.1, 0.15) is 6.42 Å². The van der Waals surface area contributed by atoms with E-state index in [1.54, 1.807) is 0 Å². The number of hydrogen-bond acceptors (Lipinski definition) is 6. The standard InChI is InChI=1S/C9H19N3O5S2/c1-18(14,15)4-5-19(16,17)12(7-9(10)13)8-2-3-11-6-8/h8,11H,2-7H2,1H3,(H2,10,13). The highest BCUT2D eigenvalue weighted by atomic mass is 32.2. The van der Waals surface area contributed by atoms with Crippen LogP contribution in [0.25, 0.3) is 0 Å². The molecule has 1 amide bonds. The maximum atomic E-state index is 12.1. The lowest BCUT2D eigenvalue weighted by Gasteiger charge is -2.26. The molecule has 1 rings (SSSR count). The fourth-order valence-electron chi connectivity index (χ4n) is 1.87. The molecular formula is C9H19N3O5S2. The van der Waals surface area contributed by atoms with Crippen LogP contribution in [0.5, 0.6) is 0 Å². The highest BCUT2D eigenvalue weighted by Gasteiger charge is 2.33. The summed E-state index contributed by atoms with van der Waals surface area (Å²) in [5.74, 6) is -1.75. The second-order valence-electron chi connectivity index (χ2n) is 4.60. The monoisotopic (exact) mass is 313 g/mol. The van der Waals surface area contributed by atoms with Crippen molar-refractivity contribution in [2.45, 2.75) is 12.5 Å². The van der Waals surface area contributed by atoms with Crippen LogP contribution in [-0.2, 0) is 24.7 Å². The molecule has 0 aromatic rings. The fraction of sp³-hybridized carbons (Fsp3) is 0.889. The van der Waals surface area contributed by atoms with Gasteiger partial charge in [0.25, 0.3) is 0 Å². The molecule has 0 aromatic carbocycles. The number of primary amides is 1. The first kappa shape index (κ1) is 16.3. The van der Waals surface area contributed by atoms with E-state index in [4.69, 9.17) is 5.73 Å². The van der Waals surface area contributed by atoms with E-state index in [0.717, 1.165) is 10.6 Å². The number of nitrogens with zero attached hydrogens (tertiary/aromatic N) is 1. The molecule has 8 nitrogen and oxygen atoms in total. The van der Waals surface area contributed by atoms with Gasteiger partial charge in [-0.25, -0.2) is 16.8 Å². The summed E-state index contributed by atoms with van der Waals surface area (Å²) in [6.45, 7) is 0.672. The molecule has 1 saturated heterocycles. The summed E-state index contributed by atoms with van der Waals surface area (Å²) in [6, 6.07) is -0.350. The predicted molar refractivity (Wildman–Crippen MR) is 70.7 cm³/mol.